The molecule has 0 spiro atoms. The zero-order valence-electron chi connectivity index (χ0n) is 10.3. The third-order valence-corrected chi connectivity index (χ3v) is 3.23. The maximum Gasteiger partial charge on any atom is 0.228 e. The Morgan fingerprint density at radius 3 is 2.65 bits per heavy atom. The van der Waals surface area contributed by atoms with Crippen LogP contribution in [0.1, 0.15) is 12.6 Å². The van der Waals surface area contributed by atoms with Crippen molar-refractivity contribution in [2.45, 2.75) is 13.3 Å². The Bertz CT molecular complexity index is 358. The highest BCUT2D eigenvalue weighted by Gasteiger charge is 2.20. The van der Waals surface area contributed by atoms with Crippen LogP contribution in [-0.4, -0.2) is 53.4 Å². The monoisotopic (exact) mass is 233 g/mol. The first kappa shape index (κ1) is 12.0. The highest BCUT2D eigenvalue weighted by Crippen LogP contribution is 2.04. The first-order valence-corrected chi connectivity index (χ1v) is 6.19. The summed E-state index contributed by atoms with van der Waals surface area (Å²) < 4.78 is 0. The van der Waals surface area contributed by atoms with E-state index in [9.17, 15) is 4.79 Å². The van der Waals surface area contributed by atoms with Crippen molar-refractivity contribution >= 4 is 5.91 Å². The Kier molecular flexibility index (Phi) is 4.09. The topological polar surface area (TPSA) is 36.4 Å². The van der Waals surface area contributed by atoms with Gasteiger partial charge in [0.25, 0.3) is 0 Å². The molecule has 0 aliphatic carbocycles. The molecule has 4 nitrogen and oxygen atoms in total. The normalized spacial score (nSPS) is 17.1. The van der Waals surface area contributed by atoms with Gasteiger partial charge in [-0.1, -0.05) is 13.0 Å². The Morgan fingerprint density at radius 2 is 2.06 bits per heavy atom. The van der Waals surface area contributed by atoms with Crippen LogP contribution in [0.3, 0.4) is 0 Å². The Balaban J connectivity index is 1.85. The van der Waals surface area contributed by atoms with Crippen LogP contribution in [-0.2, 0) is 11.2 Å². The van der Waals surface area contributed by atoms with Gasteiger partial charge < -0.3 is 9.80 Å². The minimum Gasteiger partial charge on any atom is -0.340 e. The van der Waals surface area contributed by atoms with Gasteiger partial charge >= 0.3 is 0 Å². The average Bonchev–Trinajstić information content (AvgIpc) is 2.40. The molecular weight excluding hydrogens is 214 g/mol. The zero-order valence-corrected chi connectivity index (χ0v) is 10.3. The minimum absolute atomic E-state index is 0.194. The average molecular weight is 233 g/mol. The number of nitrogens with zero attached hydrogens (tertiary/aromatic N) is 3. The number of hydrogen-bond donors (Lipinski definition) is 0. The second-order valence-electron chi connectivity index (χ2n) is 4.31. The van der Waals surface area contributed by atoms with E-state index in [1.54, 1.807) is 6.20 Å². The number of carbonyl (C=O) groups is 1. The molecule has 1 aromatic heterocycles. The summed E-state index contributed by atoms with van der Waals surface area (Å²) in [5.74, 6) is 0.194. The Hall–Kier alpha value is -1.42. The molecule has 0 unspecified atom stereocenters. The van der Waals surface area contributed by atoms with Crippen molar-refractivity contribution in [3.63, 3.8) is 0 Å². The van der Waals surface area contributed by atoms with Crippen LogP contribution in [0.5, 0.6) is 0 Å². The molecule has 0 aromatic carbocycles. The lowest BCUT2D eigenvalue weighted by molar-refractivity contribution is -0.132. The molecule has 2 heterocycles. The number of carbonyl (C=O) groups excluding carboxylic acids is 1. The van der Waals surface area contributed by atoms with Gasteiger partial charge in [0.2, 0.25) is 5.91 Å². The molecule has 1 amide bonds. The maximum atomic E-state index is 12.0. The smallest absolute Gasteiger partial charge is 0.228 e. The summed E-state index contributed by atoms with van der Waals surface area (Å²) in [5, 5.41) is 0. The predicted octanol–water partition coefficient (Wildman–Crippen LogP) is 0.788. The van der Waals surface area contributed by atoms with Crippen molar-refractivity contribution in [3.05, 3.63) is 30.1 Å². The fourth-order valence-corrected chi connectivity index (χ4v) is 2.08. The molecule has 17 heavy (non-hydrogen) atoms. The number of rotatable bonds is 3. The molecule has 1 fully saturated rings. The summed E-state index contributed by atoms with van der Waals surface area (Å²) in [4.78, 5) is 20.5. The molecule has 1 aliphatic rings. The van der Waals surface area contributed by atoms with Gasteiger partial charge in [-0.2, -0.15) is 0 Å². The van der Waals surface area contributed by atoms with Crippen molar-refractivity contribution in [1.29, 1.82) is 0 Å². The minimum atomic E-state index is 0.194. The lowest BCUT2D eigenvalue weighted by Gasteiger charge is -2.34. The number of pyridine rings is 1. The number of hydrogen-bond acceptors (Lipinski definition) is 3. The Morgan fingerprint density at radius 1 is 1.29 bits per heavy atom. The van der Waals surface area contributed by atoms with E-state index < -0.39 is 0 Å². The van der Waals surface area contributed by atoms with Crippen LogP contribution in [0.2, 0.25) is 0 Å². The maximum absolute atomic E-state index is 12.0. The lowest BCUT2D eigenvalue weighted by atomic mass is 10.2. The molecule has 0 atom stereocenters. The van der Waals surface area contributed by atoms with Gasteiger partial charge in [-0.3, -0.25) is 9.78 Å². The lowest BCUT2D eigenvalue weighted by Crippen LogP contribution is -2.48. The second-order valence-corrected chi connectivity index (χ2v) is 4.31. The van der Waals surface area contributed by atoms with Crippen LogP contribution in [0, 0.1) is 0 Å². The van der Waals surface area contributed by atoms with E-state index in [0.717, 1.165) is 38.4 Å². The van der Waals surface area contributed by atoms with E-state index in [2.05, 4.69) is 16.8 Å². The van der Waals surface area contributed by atoms with Gasteiger partial charge in [-0.25, -0.2) is 0 Å². The summed E-state index contributed by atoms with van der Waals surface area (Å²) in [6.45, 7) is 6.90. The first-order valence-electron chi connectivity index (χ1n) is 6.19. The summed E-state index contributed by atoms with van der Waals surface area (Å²) >= 11 is 0. The van der Waals surface area contributed by atoms with Gasteiger partial charge in [0.1, 0.15) is 0 Å². The van der Waals surface area contributed by atoms with Crippen LogP contribution in [0.25, 0.3) is 0 Å². The van der Waals surface area contributed by atoms with E-state index in [0.29, 0.717) is 6.42 Å². The number of piperazine rings is 1. The molecular formula is C13H19N3O. The number of aromatic nitrogens is 1. The highest BCUT2D eigenvalue weighted by molar-refractivity contribution is 5.78. The third-order valence-electron chi connectivity index (χ3n) is 3.23. The van der Waals surface area contributed by atoms with Crippen LogP contribution in [0.4, 0.5) is 0 Å². The van der Waals surface area contributed by atoms with Crippen molar-refractivity contribution in [1.82, 2.24) is 14.8 Å². The molecule has 2 rings (SSSR count). The van der Waals surface area contributed by atoms with Crippen molar-refractivity contribution in [2.75, 3.05) is 32.7 Å². The zero-order chi connectivity index (χ0) is 12.1. The van der Waals surface area contributed by atoms with E-state index in [4.69, 9.17) is 0 Å². The van der Waals surface area contributed by atoms with E-state index in [1.807, 2.05) is 23.1 Å². The SMILES string of the molecule is CCN1CCN(C(=O)Cc2ccccn2)CC1. The molecule has 92 valence electrons. The fraction of sp³-hybridized carbons (Fsp3) is 0.538. The third kappa shape index (κ3) is 3.27. The highest BCUT2D eigenvalue weighted by atomic mass is 16.2. The largest absolute Gasteiger partial charge is 0.340 e. The summed E-state index contributed by atoms with van der Waals surface area (Å²) in [5.41, 5.74) is 0.857. The van der Waals surface area contributed by atoms with Crippen molar-refractivity contribution < 1.29 is 4.79 Å². The number of amides is 1. The molecule has 0 bridgehead atoms. The molecule has 0 saturated carbocycles. The van der Waals surface area contributed by atoms with Crippen molar-refractivity contribution in [3.8, 4) is 0 Å². The molecule has 0 radical (unpaired) electrons. The second kappa shape index (κ2) is 5.77. The molecule has 4 heteroatoms. The van der Waals surface area contributed by atoms with E-state index in [1.165, 1.54) is 0 Å². The quantitative estimate of drug-likeness (QED) is 0.774. The van der Waals surface area contributed by atoms with Crippen LogP contribution >= 0.6 is 0 Å². The molecule has 1 aliphatic heterocycles. The number of likely N-dealkylation sites (N-methyl/N-ethyl adjacent to an activating group) is 1. The predicted molar refractivity (Wildman–Crippen MR) is 66.6 cm³/mol. The molecule has 0 N–H and O–H groups in total. The summed E-state index contributed by atoms with van der Waals surface area (Å²) in [6, 6.07) is 5.69. The summed E-state index contributed by atoms with van der Waals surface area (Å²) in [7, 11) is 0. The first-order chi connectivity index (χ1) is 8.29. The summed E-state index contributed by atoms with van der Waals surface area (Å²) in [6.07, 6.45) is 2.16. The molecule has 1 aromatic rings. The van der Waals surface area contributed by atoms with Gasteiger partial charge in [-0.15, -0.1) is 0 Å². The van der Waals surface area contributed by atoms with Gasteiger partial charge in [-0.05, 0) is 18.7 Å². The van der Waals surface area contributed by atoms with Gasteiger partial charge in [0.05, 0.1) is 6.42 Å². The van der Waals surface area contributed by atoms with Crippen LogP contribution in [0.15, 0.2) is 24.4 Å². The Labute approximate surface area is 102 Å². The van der Waals surface area contributed by atoms with E-state index >= 15 is 0 Å². The van der Waals surface area contributed by atoms with Gasteiger partial charge in [0, 0.05) is 38.1 Å². The van der Waals surface area contributed by atoms with Gasteiger partial charge in [0.15, 0.2) is 0 Å². The fourth-order valence-electron chi connectivity index (χ4n) is 2.08. The van der Waals surface area contributed by atoms with Crippen molar-refractivity contribution in [2.24, 2.45) is 0 Å². The van der Waals surface area contributed by atoms with Crippen LogP contribution < -0.4 is 0 Å². The van der Waals surface area contributed by atoms with E-state index in [-0.39, 0.29) is 5.91 Å². The standard InChI is InChI=1S/C13H19N3O/c1-2-15-7-9-16(10-8-15)13(17)11-12-5-3-4-6-14-12/h3-6H,2,7-11H2,1H3. The molecule has 1 saturated heterocycles.